The third kappa shape index (κ3) is 10.3. The predicted molar refractivity (Wildman–Crippen MR) is 259 cm³/mol. The monoisotopic (exact) mass is 967 g/mol. The molecule has 65 heavy (non-hydrogen) atoms. The number of aromatic nitrogens is 4. The van der Waals surface area contributed by atoms with Crippen LogP contribution in [0.4, 0.5) is 44.6 Å². The molecule has 4 aliphatic rings. The molecule has 0 radical (unpaired) electrons. The first-order valence-corrected chi connectivity index (χ1v) is 25.8. The third-order valence-electron chi connectivity index (χ3n) is 12.9. The fraction of sp³-hybridized carbons (Fsp3) is 0.426. The average molecular weight is 969 g/mol. The number of aryl methyl sites for hydroxylation is 1. The molecule has 342 valence electrons. The Morgan fingerprint density at radius 1 is 0.892 bits per heavy atom. The maximum Gasteiger partial charge on any atom is 0.249 e. The second kappa shape index (κ2) is 18.8. The number of anilines is 7. The highest BCUT2D eigenvalue weighted by molar-refractivity contribution is 9.10. The van der Waals surface area contributed by atoms with E-state index >= 15 is 4.39 Å². The van der Waals surface area contributed by atoms with Crippen LogP contribution in [-0.4, -0.2) is 109 Å². The second-order valence-corrected chi connectivity index (χ2v) is 22.1. The molecule has 18 heteroatoms. The molecular weight excluding hydrogens is 912 g/mol. The van der Waals surface area contributed by atoms with Crippen molar-refractivity contribution in [3.05, 3.63) is 83.0 Å². The van der Waals surface area contributed by atoms with Crippen LogP contribution in [0, 0.1) is 11.7 Å². The van der Waals surface area contributed by atoms with Crippen LogP contribution in [0.5, 0.6) is 5.75 Å². The molecule has 1 atom stereocenters. The Labute approximate surface area is 387 Å². The molecule has 1 aliphatic carbocycles. The van der Waals surface area contributed by atoms with Gasteiger partial charge in [0.15, 0.2) is 0 Å². The predicted octanol–water partition coefficient (Wildman–Crippen LogP) is 7.66. The Bertz CT molecular complexity index is 2640. The highest BCUT2D eigenvalue weighted by atomic mass is 79.9. The fourth-order valence-electron chi connectivity index (χ4n) is 9.20. The van der Waals surface area contributed by atoms with Gasteiger partial charge in [0.05, 0.1) is 34.8 Å². The first-order chi connectivity index (χ1) is 31.3. The minimum absolute atomic E-state index is 0.260. The van der Waals surface area contributed by atoms with E-state index in [9.17, 15) is 14.2 Å². The minimum Gasteiger partial charge on any atom is -0.494 e. The molecule has 2 amide bonds. The maximum absolute atomic E-state index is 15.4. The van der Waals surface area contributed by atoms with Crippen molar-refractivity contribution in [3.63, 3.8) is 0 Å². The average Bonchev–Trinajstić information content (AvgIpc) is 4.05. The van der Waals surface area contributed by atoms with Gasteiger partial charge in [-0.15, -0.1) is 0 Å². The Kier molecular flexibility index (Phi) is 12.9. The van der Waals surface area contributed by atoms with E-state index in [4.69, 9.17) is 9.72 Å². The summed E-state index contributed by atoms with van der Waals surface area (Å²) in [7, 11) is 0.983. The highest BCUT2D eigenvalue weighted by Gasteiger charge is 2.30. The minimum atomic E-state index is -2.60. The van der Waals surface area contributed by atoms with E-state index < -0.39 is 13.2 Å². The van der Waals surface area contributed by atoms with Crippen LogP contribution in [0.15, 0.2) is 71.6 Å². The molecule has 15 nitrogen and oxygen atoms in total. The normalized spacial score (nSPS) is 18.7. The van der Waals surface area contributed by atoms with E-state index in [0.29, 0.717) is 57.3 Å². The van der Waals surface area contributed by atoms with Crippen molar-refractivity contribution in [2.24, 2.45) is 13.0 Å². The smallest absolute Gasteiger partial charge is 0.249 e. The van der Waals surface area contributed by atoms with Crippen molar-refractivity contribution >= 4 is 80.4 Å². The van der Waals surface area contributed by atoms with Crippen molar-refractivity contribution in [3.8, 4) is 16.9 Å². The summed E-state index contributed by atoms with van der Waals surface area (Å²) in [4.78, 5) is 40.2. The summed E-state index contributed by atoms with van der Waals surface area (Å²) in [6.45, 7) is 9.51. The number of nitrogens with zero attached hydrogens (tertiary/aromatic N) is 7. The zero-order valence-corrected chi connectivity index (χ0v) is 39.7. The van der Waals surface area contributed by atoms with Gasteiger partial charge in [-0.3, -0.25) is 24.5 Å². The number of piperidine rings is 2. The van der Waals surface area contributed by atoms with Crippen LogP contribution < -0.4 is 41.1 Å². The van der Waals surface area contributed by atoms with Crippen LogP contribution in [-0.2, 0) is 21.2 Å². The van der Waals surface area contributed by atoms with Gasteiger partial charge in [0.1, 0.15) is 30.6 Å². The number of rotatable bonds is 14. The quantitative estimate of drug-likeness (QED) is 0.0635. The van der Waals surface area contributed by atoms with Crippen molar-refractivity contribution < 1.29 is 23.3 Å². The molecule has 1 unspecified atom stereocenters. The molecule has 0 bridgehead atoms. The summed E-state index contributed by atoms with van der Waals surface area (Å²) < 4.78 is 37.3. The Morgan fingerprint density at radius 3 is 2.34 bits per heavy atom. The largest absolute Gasteiger partial charge is 0.494 e. The molecule has 3 aliphatic heterocycles. The zero-order valence-electron chi connectivity index (χ0n) is 37.2. The molecule has 0 spiro atoms. The van der Waals surface area contributed by atoms with Gasteiger partial charge in [0.25, 0.3) is 0 Å². The van der Waals surface area contributed by atoms with Gasteiger partial charge in [-0.05, 0) is 115 Å². The number of carbonyl (C=O) groups is 2. The molecule has 2 aromatic heterocycles. The number of piperazine rings is 1. The summed E-state index contributed by atoms with van der Waals surface area (Å²) in [5, 5.41) is 17.6. The van der Waals surface area contributed by atoms with Gasteiger partial charge in [-0.2, -0.15) is 10.1 Å². The Morgan fingerprint density at radius 2 is 1.66 bits per heavy atom. The summed E-state index contributed by atoms with van der Waals surface area (Å²) in [5.41, 5.74) is 6.85. The third-order valence-corrected chi connectivity index (χ3v) is 15.1. The SMILES string of the molecule is COc1cc(N2CCC(CN3CCN(c4ccc(NC5CCC(=O)NC5=O)cc4F)CC3)CC2)c(-c2cnn(C)c2)cc1Nc1ncc(Br)c(Nc2ccc(C3CC3)cc2P(C)(C)=O)n1. The van der Waals surface area contributed by atoms with Crippen LogP contribution in [0.1, 0.15) is 50.0 Å². The number of halogens is 2. The first-order valence-electron chi connectivity index (χ1n) is 22.4. The number of ether oxygens (including phenoxy) is 1. The van der Waals surface area contributed by atoms with E-state index in [1.54, 1.807) is 43.5 Å². The van der Waals surface area contributed by atoms with Crippen LogP contribution >= 0.6 is 23.1 Å². The van der Waals surface area contributed by atoms with E-state index in [1.165, 1.54) is 24.5 Å². The van der Waals surface area contributed by atoms with Gasteiger partial charge < -0.3 is 35.1 Å². The van der Waals surface area contributed by atoms with Gasteiger partial charge in [0, 0.05) is 106 Å². The van der Waals surface area contributed by atoms with E-state index in [2.05, 4.69) is 86.2 Å². The summed E-state index contributed by atoms with van der Waals surface area (Å²) in [6.07, 6.45) is 10.6. The number of hydrogen-bond acceptors (Lipinski definition) is 13. The molecule has 3 saturated heterocycles. The number of methoxy groups -OCH3 is 1. The lowest BCUT2D eigenvalue weighted by Crippen LogP contribution is -2.49. The summed E-state index contributed by atoms with van der Waals surface area (Å²) in [5.74, 6) is 1.66. The van der Waals surface area contributed by atoms with E-state index in [1.807, 2.05) is 25.5 Å². The standard InChI is InChI=1S/C47H56BrFN11O4P/c1-57-28-32(25-51-57)34-23-39(54-47-50-26-35(48)45(56-47)53-37-9-7-31(30-5-6-30)21-43(37)65(3,4)63)42(64-2)24-41(34)59-15-13-29(14-16-59)27-58-17-19-60(20-18-58)40-11-8-33(22-36(40)49)52-38-10-12-44(61)55-46(38)62/h7-9,11,21-26,28-30,38,52H,5-6,10,12-20,27H2,1-4H3,(H,55,61,62)(H2,50,53,54,56). The number of imide groups is 1. The lowest BCUT2D eigenvalue weighted by atomic mass is 9.94. The maximum atomic E-state index is 15.4. The van der Waals surface area contributed by atoms with Crippen LogP contribution in [0.2, 0.25) is 0 Å². The molecule has 9 rings (SSSR count). The van der Waals surface area contributed by atoms with Crippen molar-refractivity contribution in [2.75, 3.05) is 92.0 Å². The Balaban J connectivity index is 0.845. The number of carbonyl (C=O) groups excluding carboxylic acids is 2. The second-order valence-electron chi connectivity index (χ2n) is 18.0. The van der Waals surface area contributed by atoms with Gasteiger partial charge in [-0.25, -0.2) is 9.37 Å². The summed E-state index contributed by atoms with van der Waals surface area (Å²) >= 11 is 3.63. The number of amides is 2. The molecule has 4 N–H and O–H groups in total. The number of benzene rings is 3. The molecular formula is C47H56BrFN11O4P. The molecule has 3 aromatic carbocycles. The summed E-state index contributed by atoms with van der Waals surface area (Å²) in [6, 6.07) is 14.8. The number of nitrogens with one attached hydrogen (secondary N) is 4. The van der Waals surface area contributed by atoms with E-state index in [0.717, 1.165) is 86.5 Å². The van der Waals surface area contributed by atoms with Gasteiger partial charge >= 0.3 is 0 Å². The molecule has 5 aromatic rings. The molecule has 4 fully saturated rings. The van der Waals surface area contributed by atoms with Crippen molar-refractivity contribution in [1.82, 2.24) is 30.0 Å². The first kappa shape index (κ1) is 44.7. The fourth-order valence-corrected chi connectivity index (χ4v) is 10.7. The van der Waals surface area contributed by atoms with Crippen LogP contribution in [0.3, 0.4) is 0 Å². The molecule has 5 heterocycles. The van der Waals surface area contributed by atoms with Crippen molar-refractivity contribution in [2.45, 2.75) is 50.5 Å². The van der Waals surface area contributed by atoms with Crippen LogP contribution in [0.25, 0.3) is 11.1 Å². The van der Waals surface area contributed by atoms with Gasteiger partial charge in [0.2, 0.25) is 17.8 Å². The lowest BCUT2D eigenvalue weighted by molar-refractivity contribution is -0.133. The lowest BCUT2D eigenvalue weighted by Gasteiger charge is -2.40. The zero-order chi connectivity index (χ0) is 45.4. The number of hydrogen-bond donors (Lipinski definition) is 4. The van der Waals surface area contributed by atoms with E-state index in [-0.39, 0.29) is 24.1 Å². The topological polar surface area (TPSA) is 162 Å². The highest BCUT2D eigenvalue weighted by Crippen LogP contribution is 2.45. The van der Waals surface area contributed by atoms with Gasteiger partial charge in [-0.1, -0.05) is 6.07 Å². The Hall–Kier alpha value is -5.51. The molecule has 1 saturated carbocycles. The van der Waals surface area contributed by atoms with Crippen molar-refractivity contribution in [1.29, 1.82) is 0 Å².